The maximum absolute atomic E-state index is 12.8. The zero-order valence-corrected chi connectivity index (χ0v) is 14.7. The average Bonchev–Trinajstić information content (AvgIpc) is 2.94. The zero-order chi connectivity index (χ0) is 16.8. The smallest absolute Gasteiger partial charge is 0.276 e. The number of aromatic amines is 1. The molecule has 0 saturated carbocycles. The number of carbonyl (C=O) groups is 1. The van der Waals surface area contributed by atoms with E-state index in [1.54, 1.807) is 12.0 Å². The van der Waals surface area contributed by atoms with Crippen molar-refractivity contribution in [3.8, 4) is 5.75 Å². The van der Waals surface area contributed by atoms with Crippen LogP contribution < -0.4 is 9.64 Å². The van der Waals surface area contributed by atoms with E-state index in [1.165, 1.54) is 0 Å². The Hall–Kier alpha value is -2.08. The lowest BCUT2D eigenvalue weighted by atomic mass is 10.2. The van der Waals surface area contributed by atoms with Crippen molar-refractivity contribution in [3.05, 3.63) is 40.9 Å². The summed E-state index contributed by atoms with van der Waals surface area (Å²) in [6, 6.07) is 7.48. The summed E-state index contributed by atoms with van der Waals surface area (Å²) in [6.07, 6.45) is 3.93. The van der Waals surface area contributed by atoms with Crippen LogP contribution in [0.3, 0.4) is 0 Å². The molecule has 0 spiro atoms. The Morgan fingerprint density at radius 2 is 2.17 bits per heavy atom. The fraction of sp³-hybridized carbons (Fsp3) is 0.412. The average molecular weight is 333 g/mol. The maximum atomic E-state index is 12.8. The van der Waals surface area contributed by atoms with Crippen LogP contribution >= 0.6 is 12.2 Å². The van der Waals surface area contributed by atoms with E-state index in [0.29, 0.717) is 17.0 Å². The molecule has 1 heterocycles. The van der Waals surface area contributed by atoms with Gasteiger partial charge in [0.25, 0.3) is 5.91 Å². The van der Waals surface area contributed by atoms with Crippen molar-refractivity contribution in [2.45, 2.75) is 33.2 Å². The highest BCUT2D eigenvalue weighted by molar-refractivity contribution is 7.71. The lowest BCUT2D eigenvalue weighted by Crippen LogP contribution is -2.30. The fourth-order valence-electron chi connectivity index (χ4n) is 2.40. The second-order valence-corrected chi connectivity index (χ2v) is 5.66. The highest BCUT2D eigenvalue weighted by Gasteiger charge is 2.18. The number of aryl methyl sites for hydroxylation is 1. The van der Waals surface area contributed by atoms with Gasteiger partial charge in [-0.1, -0.05) is 19.4 Å². The first kappa shape index (κ1) is 17.3. The number of rotatable bonds is 7. The highest BCUT2D eigenvalue weighted by Crippen LogP contribution is 2.22. The number of unbranched alkanes of at least 4 members (excludes halogenated alkanes) is 1. The summed E-state index contributed by atoms with van der Waals surface area (Å²) in [6.45, 7) is 5.46. The van der Waals surface area contributed by atoms with Gasteiger partial charge in [0, 0.05) is 31.0 Å². The van der Waals surface area contributed by atoms with E-state index in [4.69, 9.17) is 17.0 Å². The van der Waals surface area contributed by atoms with Gasteiger partial charge in [0.2, 0.25) is 0 Å². The molecule has 1 aromatic heterocycles. The van der Waals surface area contributed by atoms with Gasteiger partial charge in [0.1, 0.15) is 11.4 Å². The summed E-state index contributed by atoms with van der Waals surface area (Å²) < 4.78 is 7.74. The summed E-state index contributed by atoms with van der Waals surface area (Å²) in [7, 11) is 1.61. The molecule has 1 amide bonds. The molecule has 2 aromatic rings. The van der Waals surface area contributed by atoms with Crippen LogP contribution in [0, 0.1) is 4.77 Å². The van der Waals surface area contributed by atoms with E-state index in [0.717, 1.165) is 30.8 Å². The normalized spacial score (nSPS) is 10.6. The third-order valence-corrected chi connectivity index (χ3v) is 4.03. The van der Waals surface area contributed by atoms with Crippen LogP contribution in [0.2, 0.25) is 0 Å². The van der Waals surface area contributed by atoms with E-state index in [1.807, 2.05) is 42.0 Å². The summed E-state index contributed by atoms with van der Waals surface area (Å²) in [5, 5.41) is 0. The number of H-pyrrole nitrogens is 1. The molecule has 0 aliphatic heterocycles. The van der Waals surface area contributed by atoms with Gasteiger partial charge >= 0.3 is 0 Å². The molecule has 0 unspecified atom stereocenters. The molecule has 23 heavy (non-hydrogen) atoms. The van der Waals surface area contributed by atoms with Crippen molar-refractivity contribution in [2.75, 3.05) is 18.6 Å². The van der Waals surface area contributed by atoms with Crippen molar-refractivity contribution in [2.24, 2.45) is 0 Å². The third-order valence-electron chi connectivity index (χ3n) is 3.70. The Bertz CT molecular complexity index is 721. The zero-order valence-electron chi connectivity index (χ0n) is 13.8. The van der Waals surface area contributed by atoms with Crippen LogP contribution in [0.25, 0.3) is 0 Å². The molecule has 0 radical (unpaired) electrons. The van der Waals surface area contributed by atoms with Gasteiger partial charge in [0.05, 0.1) is 7.11 Å². The number of benzene rings is 1. The number of ether oxygens (including phenoxy) is 1. The Balaban J connectivity index is 2.27. The number of imidazole rings is 1. The molecule has 124 valence electrons. The Kier molecular flexibility index (Phi) is 5.98. The van der Waals surface area contributed by atoms with Gasteiger partial charge in [-0.3, -0.25) is 4.79 Å². The number of amides is 1. The molecule has 1 N–H and O–H groups in total. The number of nitrogens with one attached hydrogen (secondary N) is 1. The molecule has 0 saturated heterocycles. The summed E-state index contributed by atoms with van der Waals surface area (Å²) in [5.41, 5.74) is 1.31. The molecule has 1 aromatic carbocycles. The predicted octanol–water partition coefficient (Wildman–Crippen LogP) is 4.02. The van der Waals surface area contributed by atoms with Crippen molar-refractivity contribution in [1.82, 2.24) is 9.55 Å². The summed E-state index contributed by atoms with van der Waals surface area (Å²) >= 11 is 5.30. The van der Waals surface area contributed by atoms with Crippen molar-refractivity contribution >= 4 is 23.8 Å². The minimum atomic E-state index is -0.0953. The SMILES string of the molecule is CCCCn1cc(C(=O)N(CC)c2cccc(OC)c2)[nH]c1=S. The fourth-order valence-corrected chi connectivity index (χ4v) is 2.66. The second-order valence-electron chi connectivity index (χ2n) is 5.27. The van der Waals surface area contributed by atoms with Gasteiger partial charge < -0.3 is 19.2 Å². The first-order valence-corrected chi connectivity index (χ1v) is 8.26. The van der Waals surface area contributed by atoms with Crippen LogP contribution in [0.4, 0.5) is 5.69 Å². The summed E-state index contributed by atoms with van der Waals surface area (Å²) in [4.78, 5) is 17.5. The van der Waals surface area contributed by atoms with Crippen molar-refractivity contribution < 1.29 is 9.53 Å². The highest BCUT2D eigenvalue weighted by atomic mass is 32.1. The van der Waals surface area contributed by atoms with Crippen LogP contribution in [0.5, 0.6) is 5.75 Å². The van der Waals surface area contributed by atoms with Gasteiger partial charge in [-0.25, -0.2) is 0 Å². The molecule has 6 heteroatoms. The Morgan fingerprint density at radius 3 is 2.83 bits per heavy atom. The molecule has 0 aliphatic carbocycles. The number of nitrogens with zero attached hydrogens (tertiary/aromatic N) is 2. The lowest BCUT2D eigenvalue weighted by Gasteiger charge is -2.20. The lowest BCUT2D eigenvalue weighted by molar-refractivity contribution is 0.0984. The third kappa shape index (κ3) is 4.01. The van der Waals surface area contributed by atoms with Gasteiger partial charge in [-0.15, -0.1) is 0 Å². The van der Waals surface area contributed by atoms with E-state index in [-0.39, 0.29) is 5.91 Å². The topological polar surface area (TPSA) is 50.3 Å². The second kappa shape index (κ2) is 7.97. The van der Waals surface area contributed by atoms with Gasteiger partial charge in [-0.05, 0) is 37.7 Å². The van der Waals surface area contributed by atoms with Crippen molar-refractivity contribution in [1.29, 1.82) is 0 Å². The quantitative estimate of drug-likeness (QED) is 0.779. The van der Waals surface area contributed by atoms with E-state index in [2.05, 4.69) is 11.9 Å². The number of hydrogen-bond donors (Lipinski definition) is 1. The number of carbonyl (C=O) groups excluding carboxylic acids is 1. The Morgan fingerprint density at radius 1 is 1.39 bits per heavy atom. The number of hydrogen-bond acceptors (Lipinski definition) is 3. The molecule has 0 aliphatic rings. The minimum absolute atomic E-state index is 0.0953. The van der Waals surface area contributed by atoms with Crippen LogP contribution in [-0.4, -0.2) is 29.1 Å². The molecule has 0 atom stereocenters. The Labute approximate surface area is 141 Å². The van der Waals surface area contributed by atoms with E-state index in [9.17, 15) is 4.79 Å². The van der Waals surface area contributed by atoms with E-state index < -0.39 is 0 Å². The maximum Gasteiger partial charge on any atom is 0.276 e. The molecule has 0 bridgehead atoms. The molecule has 2 rings (SSSR count). The molecular weight excluding hydrogens is 310 g/mol. The number of methoxy groups -OCH3 is 1. The minimum Gasteiger partial charge on any atom is -0.497 e. The molecule has 5 nitrogen and oxygen atoms in total. The molecule has 0 fully saturated rings. The van der Waals surface area contributed by atoms with Crippen LogP contribution in [-0.2, 0) is 6.54 Å². The summed E-state index contributed by atoms with van der Waals surface area (Å²) in [5.74, 6) is 0.629. The van der Waals surface area contributed by atoms with Crippen molar-refractivity contribution in [3.63, 3.8) is 0 Å². The van der Waals surface area contributed by atoms with Crippen LogP contribution in [0.1, 0.15) is 37.2 Å². The number of aromatic nitrogens is 2. The first-order chi connectivity index (χ1) is 11.1. The predicted molar refractivity (Wildman–Crippen MR) is 94.9 cm³/mol. The van der Waals surface area contributed by atoms with Gasteiger partial charge in [-0.2, -0.15) is 0 Å². The monoisotopic (exact) mass is 333 g/mol. The number of anilines is 1. The standard InChI is InChI=1S/C17H23N3O2S/c1-4-6-10-19-12-15(18-17(19)23)16(21)20(5-2)13-8-7-9-14(11-13)22-3/h7-9,11-12H,4-6,10H2,1-3H3,(H,18,23). The molecular formula is C17H23N3O2S. The van der Waals surface area contributed by atoms with Gasteiger partial charge in [0.15, 0.2) is 4.77 Å². The largest absolute Gasteiger partial charge is 0.497 e. The van der Waals surface area contributed by atoms with Crippen LogP contribution in [0.15, 0.2) is 30.5 Å². The van der Waals surface area contributed by atoms with E-state index >= 15 is 0 Å². The first-order valence-electron chi connectivity index (χ1n) is 7.86.